The molecule has 18 nitrogen and oxygen atoms in total. The SMILES string of the molecule is COC(=O)C(C)NP(=O)(Oc1ccccc1)OP(=O)(O)OC[C@H]1O[C@@H](n2ccc(=O)n(Cc3noc4ccccc34)c2=O)C(O)C1O. The van der Waals surface area contributed by atoms with Gasteiger partial charge in [0.05, 0.1) is 20.3 Å². The summed E-state index contributed by atoms with van der Waals surface area (Å²) in [5, 5.41) is 28.1. The first kappa shape index (κ1) is 34.4. The van der Waals surface area contributed by atoms with Gasteiger partial charge in [0.15, 0.2) is 11.8 Å². The van der Waals surface area contributed by atoms with Gasteiger partial charge in [0.1, 0.15) is 35.8 Å². The first-order valence-electron chi connectivity index (χ1n) is 13.9. The summed E-state index contributed by atoms with van der Waals surface area (Å²) in [6, 6.07) is 13.9. The van der Waals surface area contributed by atoms with Crippen LogP contribution in [0.1, 0.15) is 18.8 Å². The van der Waals surface area contributed by atoms with Crippen molar-refractivity contribution in [1.82, 2.24) is 19.4 Å². The van der Waals surface area contributed by atoms with Crippen molar-refractivity contribution in [3.8, 4) is 5.75 Å². The molecular weight excluding hydrogens is 666 g/mol. The van der Waals surface area contributed by atoms with Crippen LogP contribution in [0.4, 0.5) is 0 Å². The Balaban J connectivity index is 1.30. The number of phosphoric acid groups is 1. The lowest BCUT2D eigenvalue weighted by molar-refractivity contribution is -0.142. The molecule has 5 unspecified atom stereocenters. The van der Waals surface area contributed by atoms with Crippen LogP contribution < -0.4 is 20.9 Å². The Labute approximate surface area is 265 Å². The second kappa shape index (κ2) is 14.0. The van der Waals surface area contributed by atoms with Gasteiger partial charge in [-0.3, -0.25) is 23.2 Å². The number of aliphatic hydroxyl groups is 2. The fourth-order valence-electron chi connectivity index (χ4n) is 4.65. The molecule has 2 aromatic heterocycles. The zero-order valence-electron chi connectivity index (χ0n) is 24.7. The van der Waals surface area contributed by atoms with Crippen molar-refractivity contribution in [2.75, 3.05) is 13.7 Å². The number of carbonyl (C=O) groups excluding carboxylic acids is 1. The highest BCUT2D eigenvalue weighted by Gasteiger charge is 2.47. The number of carbonyl (C=O) groups is 1. The minimum absolute atomic E-state index is 0.0515. The average molecular weight is 696 g/mol. The summed E-state index contributed by atoms with van der Waals surface area (Å²) < 4.78 is 58.6. The van der Waals surface area contributed by atoms with Crippen LogP contribution in [-0.4, -0.2) is 73.4 Å². The summed E-state index contributed by atoms with van der Waals surface area (Å²) in [6.07, 6.45) is -5.58. The van der Waals surface area contributed by atoms with Crippen molar-refractivity contribution in [3.05, 3.63) is 93.4 Å². The highest BCUT2D eigenvalue weighted by Crippen LogP contribution is 2.60. The van der Waals surface area contributed by atoms with Crippen LogP contribution in [0, 0.1) is 0 Å². The van der Waals surface area contributed by atoms with E-state index in [4.69, 9.17) is 22.6 Å². The summed E-state index contributed by atoms with van der Waals surface area (Å²) in [5.74, 6) is -0.943. The van der Waals surface area contributed by atoms with Crippen molar-refractivity contribution in [2.24, 2.45) is 0 Å². The molecule has 4 aromatic rings. The van der Waals surface area contributed by atoms with E-state index in [2.05, 4.69) is 15.0 Å². The number of nitrogens with one attached hydrogen (secondary N) is 1. The molecule has 7 atom stereocenters. The second-order valence-electron chi connectivity index (χ2n) is 10.2. The lowest BCUT2D eigenvalue weighted by atomic mass is 10.1. The summed E-state index contributed by atoms with van der Waals surface area (Å²) >= 11 is 0. The number of rotatable bonds is 13. The largest absolute Gasteiger partial charge is 0.481 e. The van der Waals surface area contributed by atoms with Crippen LogP contribution in [0.25, 0.3) is 11.0 Å². The van der Waals surface area contributed by atoms with E-state index in [9.17, 15) is 38.6 Å². The molecule has 1 fully saturated rings. The van der Waals surface area contributed by atoms with Crippen molar-refractivity contribution >= 4 is 32.5 Å². The number of hydrogen-bond acceptors (Lipinski definition) is 14. The predicted molar refractivity (Wildman–Crippen MR) is 160 cm³/mol. The quantitative estimate of drug-likeness (QED) is 0.114. The summed E-state index contributed by atoms with van der Waals surface area (Å²) in [7, 11) is -9.07. The van der Waals surface area contributed by atoms with E-state index < -0.39 is 70.0 Å². The van der Waals surface area contributed by atoms with E-state index in [1.807, 2.05) is 0 Å². The number of aliphatic hydroxyl groups excluding tert-OH is 2. The van der Waals surface area contributed by atoms with Gasteiger partial charge in [-0.1, -0.05) is 35.5 Å². The third-order valence-electron chi connectivity index (χ3n) is 6.95. The molecule has 3 heterocycles. The normalized spacial score (nSPS) is 22.7. The van der Waals surface area contributed by atoms with Crippen LogP contribution in [-0.2, 0) is 38.8 Å². The van der Waals surface area contributed by atoms with Crippen LogP contribution >= 0.6 is 15.6 Å². The lowest BCUT2D eigenvalue weighted by Crippen LogP contribution is -2.43. The van der Waals surface area contributed by atoms with E-state index in [0.717, 1.165) is 28.5 Å². The van der Waals surface area contributed by atoms with Gasteiger partial charge in [-0.05, 0) is 31.2 Å². The number of fused-ring (bicyclic) bond motifs is 1. The summed E-state index contributed by atoms with van der Waals surface area (Å²) in [5.41, 5.74) is -0.890. The fourth-order valence-corrected chi connectivity index (χ4v) is 7.61. The van der Waals surface area contributed by atoms with Gasteiger partial charge >= 0.3 is 27.2 Å². The number of phosphoric ester groups is 1. The molecule has 0 saturated carbocycles. The molecule has 0 bridgehead atoms. The fraction of sp³-hybridized carbons (Fsp3) is 0.333. The molecular formula is C27H30N4O14P2. The standard InChI is InChI=1S/C27H30N4O14P2/c1-16(26(35)40-2)29-46(37,44-17-8-4-3-5-9-17)45-47(38,39)41-15-21-23(33)24(34)25(42-21)30-13-12-22(32)31(27(30)36)14-19-18-10-6-7-11-20(18)43-28-19/h3-13,16,21,23-25,33-34H,14-15H2,1-2H3,(H,29,37)(H,38,39)/t16?,21-,23?,24?,25-,46?/m1/s1. The van der Waals surface area contributed by atoms with E-state index >= 15 is 0 Å². The smallest absolute Gasteiger partial charge is 0.468 e. The number of hydrogen-bond donors (Lipinski definition) is 4. The number of benzene rings is 2. The average Bonchev–Trinajstić information content (AvgIpc) is 3.57. The number of ether oxygens (including phenoxy) is 2. The maximum Gasteiger partial charge on any atom is 0.481 e. The van der Waals surface area contributed by atoms with Crippen LogP contribution in [0.2, 0.25) is 0 Å². The second-order valence-corrected chi connectivity index (χ2v) is 13.5. The Bertz CT molecular complexity index is 1950. The molecule has 252 valence electrons. The maximum absolute atomic E-state index is 13.5. The van der Waals surface area contributed by atoms with Gasteiger partial charge in [0, 0.05) is 17.6 Å². The molecule has 4 N–H and O–H groups in total. The third-order valence-corrected chi connectivity index (χ3v) is 10.3. The van der Waals surface area contributed by atoms with E-state index in [1.165, 1.54) is 31.2 Å². The van der Waals surface area contributed by atoms with E-state index in [0.29, 0.717) is 16.7 Å². The Morgan fingerprint density at radius 3 is 2.49 bits per heavy atom. The van der Waals surface area contributed by atoms with E-state index in [-0.39, 0.29) is 12.3 Å². The number of esters is 1. The van der Waals surface area contributed by atoms with Crippen molar-refractivity contribution < 1.29 is 56.4 Å². The molecule has 0 spiro atoms. The minimum Gasteiger partial charge on any atom is -0.468 e. The Morgan fingerprint density at radius 1 is 1.06 bits per heavy atom. The van der Waals surface area contributed by atoms with Crippen molar-refractivity contribution in [2.45, 2.75) is 44.1 Å². The molecule has 1 aliphatic rings. The summed E-state index contributed by atoms with van der Waals surface area (Å²) in [4.78, 5) is 48.3. The third kappa shape index (κ3) is 7.79. The number of nitrogens with zero attached hydrogens (tertiary/aromatic N) is 3. The molecule has 0 amide bonds. The first-order valence-corrected chi connectivity index (χ1v) is 16.9. The highest BCUT2D eigenvalue weighted by atomic mass is 31.3. The highest BCUT2D eigenvalue weighted by molar-refractivity contribution is 7.63. The Morgan fingerprint density at radius 2 is 1.77 bits per heavy atom. The van der Waals surface area contributed by atoms with Crippen LogP contribution in [0.3, 0.4) is 0 Å². The first-order chi connectivity index (χ1) is 22.3. The zero-order chi connectivity index (χ0) is 33.9. The molecule has 1 saturated heterocycles. The number of para-hydroxylation sites is 2. The minimum atomic E-state index is -5.32. The predicted octanol–water partition coefficient (Wildman–Crippen LogP) is 1.29. The molecule has 0 aliphatic carbocycles. The Hall–Kier alpha value is -3.96. The lowest BCUT2D eigenvalue weighted by Gasteiger charge is -2.24. The summed E-state index contributed by atoms with van der Waals surface area (Å²) in [6.45, 7) is 0.0362. The molecule has 47 heavy (non-hydrogen) atoms. The van der Waals surface area contributed by atoms with Gasteiger partial charge in [-0.25, -0.2) is 13.9 Å². The van der Waals surface area contributed by atoms with Gasteiger partial charge in [0.2, 0.25) is 0 Å². The molecule has 2 aromatic carbocycles. The van der Waals surface area contributed by atoms with E-state index in [1.54, 1.807) is 30.3 Å². The van der Waals surface area contributed by atoms with Crippen molar-refractivity contribution in [1.29, 1.82) is 0 Å². The Kier molecular flexibility index (Phi) is 10.3. The van der Waals surface area contributed by atoms with Crippen LogP contribution in [0.5, 0.6) is 5.75 Å². The van der Waals surface area contributed by atoms with Crippen LogP contribution in [0.15, 0.2) is 81.0 Å². The monoisotopic (exact) mass is 696 g/mol. The molecule has 0 radical (unpaired) electrons. The molecule has 1 aliphatic heterocycles. The molecule has 20 heteroatoms. The number of aromatic nitrogens is 3. The van der Waals surface area contributed by atoms with Gasteiger partial charge in [0.25, 0.3) is 5.56 Å². The zero-order valence-corrected chi connectivity index (χ0v) is 26.5. The van der Waals surface area contributed by atoms with Gasteiger partial charge in [-0.15, -0.1) is 0 Å². The van der Waals surface area contributed by atoms with Crippen molar-refractivity contribution in [3.63, 3.8) is 0 Å². The molecule has 5 rings (SSSR count). The number of methoxy groups -OCH3 is 1. The topological polar surface area (TPSA) is 240 Å². The van der Waals surface area contributed by atoms with Gasteiger partial charge < -0.3 is 33.6 Å². The maximum atomic E-state index is 13.5. The van der Waals surface area contributed by atoms with Gasteiger partial charge in [-0.2, -0.15) is 9.40 Å².